The maximum absolute atomic E-state index is 13.5. The quantitative estimate of drug-likeness (QED) is 0.508. The summed E-state index contributed by atoms with van der Waals surface area (Å²) in [6.07, 6.45) is 7.31. The molecule has 5 nitrogen and oxygen atoms in total. The van der Waals surface area contributed by atoms with Gasteiger partial charge in [0.15, 0.2) is 0 Å². The number of nitrogens with zero attached hydrogens (tertiary/aromatic N) is 3. The van der Waals surface area contributed by atoms with Gasteiger partial charge in [-0.25, -0.2) is 14.4 Å². The number of halogens is 1. The predicted molar refractivity (Wildman–Crippen MR) is 119 cm³/mol. The molecular weight excluding hydrogens is 377 g/mol. The molecule has 6 heteroatoms. The first-order valence-corrected chi connectivity index (χ1v) is 10.5. The van der Waals surface area contributed by atoms with Gasteiger partial charge >= 0.3 is 0 Å². The molecule has 0 bridgehead atoms. The van der Waals surface area contributed by atoms with Gasteiger partial charge in [-0.1, -0.05) is 0 Å². The highest BCUT2D eigenvalue weighted by atomic mass is 19.1. The molecule has 0 unspecified atom stereocenters. The van der Waals surface area contributed by atoms with Crippen LogP contribution in [0.3, 0.4) is 0 Å². The molecule has 2 N–H and O–H groups in total. The van der Waals surface area contributed by atoms with Crippen molar-refractivity contribution >= 4 is 27.8 Å². The van der Waals surface area contributed by atoms with E-state index in [4.69, 9.17) is 0 Å². The fourth-order valence-electron chi connectivity index (χ4n) is 4.64. The molecule has 154 valence electrons. The molecule has 1 aliphatic carbocycles. The zero-order valence-electron chi connectivity index (χ0n) is 17.3. The van der Waals surface area contributed by atoms with Gasteiger partial charge in [-0.2, -0.15) is 0 Å². The highest BCUT2D eigenvalue weighted by molar-refractivity contribution is 5.84. The molecule has 5 rings (SSSR count). The number of anilines is 1. The van der Waals surface area contributed by atoms with Crippen molar-refractivity contribution in [2.24, 2.45) is 7.05 Å². The summed E-state index contributed by atoms with van der Waals surface area (Å²) >= 11 is 0. The van der Waals surface area contributed by atoms with Crippen LogP contribution in [-0.2, 0) is 13.6 Å². The number of fused-ring (bicyclic) bond motifs is 2. The van der Waals surface area contributed by atoms with Gasteiger partial charge in [-0.05, 0) is 73.7 Å². The van der Waals surface area contributed by atoms with Crippen molar-refractivity contribution in [3.8, 4) is 0 Å². The highest BCUT2D eigenvalue weighted by Gasteiger charge is 2.25. The fraction of sp³-hybridized carbons (Fsp3) is 0.333. The second-order valence-corrected chi connectivity index (χ2v) is 8.36. The van der Waals surface area contributed by atoms with Crippen molar-refractivity contribution in [3.63, 3.8) is 0 Å². The molecule has 0 amide bonds. The number of pyridine rings is 2. The topological polar surface area (TPSA) is 54.8 Å². The third-order valence-electron chi connectivity index (χ3n) is 6.16. The van der Waals surface area contributed by atoms with E-state index >= 15 is 0 Å². The van der Waals surface area contributed by atoms with Crippen LogP contribution >= 0.6 is 0 Å². The molecule has 0 spiro atoms. The van der Waals surface area contributed by atoms with Gasteiger partial charge in [0.25, 0.3) is 0 Å². The lowest BCUT2D eigenvalue weighted by molar-refractivity contribution is 0.521. The molecule has 0 saturated heterocycles. The molecule has 0 radical (unpaired) electrons. The Morgan fingerprint density at radius 3 is 2.90 bits per heavy atom. The Hall–Kier alpha value is -2.99. The standard InChI is InChI=1S/C24H26FN5/c1-15-10-23(29-22-8-5-17(25)11-21(15)22)28-19-7-6-18(12-19)27-13-16-14-30(2)24-20(16)4-3-9-26-24/h3-5,8-11,14,18-19,27H,6-7,12-13H2,1-2H3,(H,28,29)/t18-,19-/m0/s1. The number of benzene rings is 1. The van der Waals surface area contributed by atoms with Gasteiger partial charge in [0, 0.05) is 48.8 Å². The number of aryl methyl sites for hydroxylation is 2. The number of nitrogens with one attached hydrogen (secondary N) is 2. The molecule has 2 atom stereocenters. The first-order chi connectivity index (χ1) is 14.6. The number of hydrogen-bond acceptors (Lipinski definition) is 4. The number of aromatic nitrogens is 3. The lowest BCUT2D eigenvalue weighted by atomic mass is 10.1. The predicted octanol–water partition coefficient (Wildman–Crippen LogP) is 4.69. The van der Waals surface area contributed by atoms with E-state index in [2.05, 4.69) is 37.4 Å². The van der Waals surface area contributed by atoms with E-state index < -0.39 is 0 Å². The Bertz CT molecular complexity index is 1220. The van der Waals surface area contributed by atoms with Gasteiger partial charge in [0.2, 0.25) is 0 Å². The van der Waals surface area contributed by atoms with Crippen LogP contribution in [0.4, 0.5) is 10.2 Å². The molecule has 30 heavy (non-hydrogen) atoms. The smallest absolute Gasteiger partial charge is 0.139 e. The van der Waals surface area contributed by atoms with Gasteiger partial charge in [0.05, 0.1) is 5.52 Å². The Labute approximate surface area is 175 Å². The van der Waals surface area contributed by atoms with Gasteiger partial charge in [-0.3, -0.25) is 0 Å². The number of hydrogen-bond donors (Lipinski definition) is 2. The van der Waals surface area contributed by atoms with E-state index in [1.54, 1.807) is 12.1 Å². The molecular formula is C24H26FN5. The van der Waals surface area contributed by atoms with E-state index in [0.29, 0.717) is 12.1 Å². The van der Waals surface area contributed by atoms with Crippen LogP contribution in [0.2, 0.25) is 0 Å². The third-order valence-corrected chi connectivity index (χ3v) is 6.16. The molecule has 1 fully saturated rings. The van der Waals surface area contributed by atoms with Crippen LogP contribution in [0.25, 0.3) is 21.9 Å². The second-order valence-electron chi connectivity index (χ2n) is 8.36. The van der Waals surface area contributed by atoms with Crippen LogP contribution in [0.1, 0.15) is 30.4 Å². The van der Waals surface area contributed by atoms with E-state index in [0.717, 1.165) is 53.7 Å². The minimum Gasteiger partial charge on any atom is -0.367 e. The van der Waals surface area contributed by atoms with E-state index in [1.165, 1.54) is 17.0 Å². The van der Waals surface area contributed by atoms with Crippen LogP contribution in [-0.4, -0.2) is 26.6 Å². The van der Waals surface area contributed by atoms with Crippen molar-refractivity contribution in [1.29, 1.82) is 0 Å². The first-order valence-electron chi connectivity index (χ1n) is 10.5. The van der Waals surface area contributed by atoms with Crippen molar-refractivity contribution in [2.45, 2.75) is 44.8 Å². The highest BCUT2D eigenvalue weighted by Crippen LogP contribution is 2.26. The van der Waals surface area contributed by atoms with Gasteiger partial charge in [0.1, 0.15) is 17.3 Å². The average molecular weight is 404 g/mol. The summed E-state index contributed by atoms with van der Waals surface area (Å²) in [5, 5.41) is 9.40. The van der Waals surface area contributed by atoms with Crippen molar-refractivity contribution < 1.29 is 4.39 Å². The summed E-state index contributed by atoms with van der Waals surface area (Å²) < 4.78 is 15.6. The molecule has 1 aliphatic rings. The van der Waals surface area contributed by atoms with E-state index in [1.807, 2.05) is 32.3 Å². The van der Waals surface area contributed by atoms with Crippen LogP contribution in [0.5, 0.6) is 0 Å². The van der Waals surface area contributed by atoms with Crippen molar-refractivity contribution in [1.82, 2.24) is 19.9 Å². The maximum atomic E-state index is 13.5. The fourth-order valence-corrected chi connectivity index (χ4v) is 4.64. The maximum Gasteiger partial charge on any atom is 0.139 e. The SMILES string of the molecule is Cc1cc(N[C@H]2CC[C@H](NCc3cn(C)c4ncccc34)C2)nc2ccc(F)cc12. The minimum absolute atomic E-state index is 0.222. The van der Waals surface area contributed by atoms with Crippen LogP contribution in [0.15, 0.2) is 48.8 Å². The summed E-state index contributed by atoms with van der Waals surface area (Å²) in [6, 6.07) is 11.8. The van der Waals surface area contributed by atoms with Crippen LogP contribution in [0, 0.1) is 12.7 Å². The lowest BCUT2D eigenvalue weighted by Gasteiger charge is -2.16. The summed E-state index contributed by atoms with van der Waals surface area (Å²) in [5.41, 5.74) is 4.18. The van der Waals surface area contributed by atoms with E-state index in [9.17, 15) is 4.39 Å². The largest absolute Gasteiger partial charge is 0.367 e. The monoisotopic (exact) mass is 403 g/mol. The lowest BCUT2D eigenvalue weighted by Crippen LogP contribution is -2.27. The average Bonchev–Trinajstić information content (AvgIpc) is 3.31. The van der Waals surface area contributed by atoms with E-state index in [-0.39, 0.29) is 5.82 Å². The molecule has 3 aromatic heterocycles. The molecule has 0 aliphatic heterocycles. The Kier molecular flexibility index (Phi) is 4.87. The zero-order valence-corrected chi connectivity index (χ0v) is 17.3. The minimum atomic E-state index is -0.222. The molecule has 4 aromatic rings. The second kappa shape index (κ2) is 7.69. The summed E-state index contributed by atoms with van der Waals surface area (Å²) in [4.78, 5) is 9.16. The first kappa shape index (κ1) is 19.0. The van der Waals surface area contributed by atoms with Gasteiger partial charge in [-0.15, -0.1) is 0 Å². The Morgan fingerprint density at radius 1 is 1.13 bits per heavy atom. The van der Waals surface area contributed by atoms with Gasteiger partial charge < -0.3 is 15.2 Å². The van der Waals surface area contributed by atoms with Crippen LogP contribution < -0.4 is 10.6 Å². The molecule has 1 saturated carbocycles. The zero-order chi connectivity index (χ0) is 20.7. The summed E-state index contributed by atoms with van der Waals surface area (Å²) in [7, 11) is 2.04. The normalized spacial score (nSPS) is 19.0. The van der Waals surface area contributed by atoms with Crippen molar-refractivity contribution in [2.75, 3.05) is 5.32 Å². The molecule has 1 aromatic carbocycles. The molecule has 3 heterocycles. The third kappa shape index (κ3) is 3.63. The summed E-state index contributed by atoms with van der Waals surface area (Å²) in [6.45, 7) is 2.85. The number of rotatable bonds is 5. The Morgan fingerprint density at radius 2 is 2.00 bits per heavy atom. The van der Waals surface area contributed by atoms with Crippen molar-refractivity contribution in [3.05, 3.63) is 65.7 Å². The Balaban J connectivity index is 1.23. The summed E-state index contributed by atoms with van der Waals surface area (Å²) in [5.74, 6) is 0.650.